The van der Waals surface area contributed by atoms with Crippen molar-refractivity contribution in [1.82, 2.24) is 0 Å². The molecule has 1 aliphatic carbocycles. The topological polar surface area (TPSA) is 29.5 Å². The molecule has 1 heterocycles. The molecule has 16 heavy (non-hydrogen) atoms. The third-order valence-electron chi connectivity index (χ3n) is 3.94. The molecule has 0 aromatic carbocycles. The summed E-state index contributed by atoms with van der Waals surface area (Å²) in [4.78, 5) is 0. The standard InChI is InChI=1S/C14H22O2/c1-4-5-12-10-11(2)14(16-12)8-6-13(3,15)7-9-14/h4-6,8,11-12,15H,7,9-10H2,1-3H3/b5-4+/t11-,12+,13+,14-/m1/s1. The van der Waals surface area contributed by atoms with Crippen molar-refractivity contribution in [1.29, 1.82) is 0 Å². The average Bonchev–Trinajstić information content (AvgIpc) is 2.50. The van der Waals surface area contributed by atoms with Crippen LogP contribution in [0.5, 0.6) is 0 Å². The lowest BCUT2D eigenvalue weighted by molar-refractivity contribution is -0.0360. The van der Waals surface area contributed by atoms with Gasteiger partial charge in [0.05, 0.1) is 17.3 Å². The Balaban J connectivity index is 2.16. The van der Waals surface area contributed by atoms with Gasteiger partial charge in [-0.05, 0) is 39.0 Å². The van der Waals surface area contributed by atoms with Gasteiger partial charge in [0, 0.05) is 0 Å². The Morgan fingerprint density at radius 3 is 2.69 bits per heavy atom. The van der Waals surface area contributed by atoms with E-state index in [1.807, 2.05) is 19.9 Å². The van der Waals surface area contributed by atoms with E-state index in [0.29, 0.717) is 5.92 Å². The fourth-order valence-corrected chi connectivity index (χ4v) is 2.77. The van der Waals surface area contributed by atoms with Crippen LogP contribution in [0.2, 0.25) is 0 Å². The van der Waals surface area contributed by atoms with Crippen molar-refractivity contribution in [3.8, 4) is 0 Å². The second-order valence-electron chi connectivity index (χ2n) is 5.46. The fraction of sp³-hybridized carbons (Fsp3) is 0.714. The molecule has 2 nitrogen and oxygen atoms in total. The summed E-state index contributed by atoms with van der Waals surface area (Å²) in [6.45, 7) is 6.13. The van der Waals surface area contributed by atoms with Gasteiger partial charge >= 0.3 is 0 Å². The smallest absolute Gasteiger partial charge is 0.0899 e. The zero-order chi connectivity index (χ0) is 11.8. The van der Waals surface area contributed by atoms with Crippen molar-refractivity contribution < 1.29 is 9.84 Å². The normalized spacial score (nSPS) is 48.2. The molecule has 0 amide bonds. The summed E-state index contributed by atoms with van der Waals surface area (Å²) in [5, 5.41) is 9.92. The van der Waals surface area contributed by atoms with Crippen LogP contribution in [0.4, 0.5) is 0 Å². The van der Waals surface area contributed by atoms with E-state index < -0.39 is 5.60 Å². The fourth-order valence-electron chi connectivity index (χ4n) is 2.77. The zero-order valence-corrected chi connectivity index (χ0v) is 10.4. The van der Waals surface area contributed by atoms with Gasteiger partial charge in [-0.1, -0.05) is 31.2 Å². The highest BCUT2D eigenvalue weighted by molar-refractivity contribution is 5.18. The number of rotatable bonds is 1. The van der Waals surface area contributed by atoms with Crippen LogP contribution < -0.4 is 0 Å². The zero-order valence-electron chi connectivity index (χ0n) is 10.4. The van der Waals surface area contributed by atoms with Crippen LogP contribution in [0.15, 0.2) is 24.3 Å². The Bertz CT molecular complexity index is 317. The minimum atomic E-state index is -0.646. The van der Waals surface area contributed by atoms with Crippen molar-refractivity contribution in [2.75, 3.05) is 0 Å². The van der Waals surface area contributed by atoms with Crippen LogP contribution in [-0.4, -0.2) is 22.4 Å². The first-order valence-corrected chi connectivity index (χ1v) is 6.21. The Kier molecular flexibility index (Phi) is 2.97. The van der Waals surface area contributed by atoms with Gasteiger partial charge in [0.2, 0.25) is 0 Å². The Hall–Kier alpha value is -0.600. The lowest BCUT2D eigenvalue weighted by Crippen LogP contribution is -2.40. The third-order valence-corrected chi connectivity index (χ3v) is 3.94. The molecular weight excluding hydrogens is 200 g/mol. The van der Waals surface area contributed by atoms with Crippen LogP contribution >= 0.6 is 0 Å². The van der Waals surface area contributed by atoms with E-state index in [2.05, 4.69) is 25.2 Å². The van der Waals surface area contributed by atoms with Gasteiger partial charge < -0.3 is 9.84 Å². The first-order valence-electron chi connectivity index (χ1n) is 6.21. The molecule has 0 bridgehead atoms. The van der Waals surface area contributed by atoms with Gasteiger partial charge in [-0.2, -0.15) is 0 Å². The molecule has 1 spiro atoms. The Labute approximate surface area is 98.0 Å². The molecular formula is C14H22O2. The van der Waals surface area contributed by atoms with E-state index >= 15 is 0 Å². The number of allylic oxidation sites excluding steroid dienone is 1. The summed E-state index contributed by atoms with van der Waals surface area (Å²) in [6.07, 6.45) is 11.2. The van der Waals surface area contributed by atoms with Crippen LogP contribution in [0.25, 0.3) is 0 Å². The van der Waals surface area contributed by atoms with Crippen LogP contribution in [0.1, 0.15) is 40.0 Å². The molecule has 1 aliphatic heterocycles. The predicted octanol–water partition coefficient (Wildman–Crippen LogP) is 2.83. The second-order valence-corrected chi connectivity index (χ2v) is 5.46. The monoisotopic (exact) mass is 222 g/mol. The van der Waals surface area contributed by atoms with E-state index in [4.69, 9.17) is 4.74 Å². The van der Waals surface area contributed by atoms with Gasteiger partial charge in [-0.25, -0.2) is 0 Å². The van der Waals surface area contributed by atoms with Crippen LogP contribution in [0, 0.1) is 5.92 Å². The second kappa shape index (κ2) is 4.01. The molecule has 90 valence electrons. The third kappa shape index (κ3) is 2.09. The van der Waals surface area contributed by atoms with Crippen LogP contribution in [-0.2, 0) is 4.74 Å². The van der Waals surface area contributed by atoms with E-state index in [1.54, 1.807) is 0 Å². The molecule has 2 heteroatoms. The highest BCUT2D eigenvalue weighted by Gasteiger charge is 2.46. The number of ether oxygens (including phenoxy) is 1. The summed E-state index contributed by atoms with van der Waals surface area (Å²) in [5.41, 5.74) is -0.778. The molecule has 1 N–H and O–H groups in total. The van der Waals surface area contributed by atoms with E-state index in [0.717, 1.165) is 19.3 Å². The van der Waals surface area contributed by atoms with Crippen molar-refractivity contribution in [3.63, 3.8) is 0 Å². The molecule has 1 saturated heterocycles. The molecule has 4 atom stereocenters. The van der Waals surface area contributed by atoms with Gasteiger partial charge in [-0.3, -0.25) is 0 Å². The quantitative estimate of drug-likeness (QED) is 0.691. The highest BCUT2D eigenvalue weighted by Crippen LogP contribution is 2.44. The molecule has 2 rings (SSSR count). The minimum absolute atomic E-state index is 0.133. The molecule has 0 aromatic rings. The van der Waals surface area contributed by atoms with Gasteiger partial charge in [0.25, 0.3) is 0 Å². The van der Waals surface area contributed by atoms with E-state index in [9.17, 15) is 5.11 Å². The molecule has 0 radical (unpaired) electrons. The number of hydrogen-bond donors (Lipinski definition) is 1. The van der Waals surface area contributed by atoms with Gasteiger partial charge in [-0.15, -0.1) is 0 Å². The maximum Gasteiger partial charge on any atom is 0.0899 e. The predicted molar refractivity (Wildman–Crippen MR) is 65.2 cm³/mol. The van der Waals surface area contributed by atoms with Crippen molar-refractivity contribution >= 4 is 0 Å². The maximum atomic E-state index is 9.92. The van der Waals surface area contributed by atoms with Crippen LogP contribution in [0.3, 0.4) is 0 Å². The molecule has 0 unspecified atom stereocenters. The summed E-state index contributed by atoms with van der Waals surface area (Å²) in [5.74, 6) is 0.529. The molecule has 1 fully saturated rings. The Morgan fingerprint density at radius 2 is 2.12 bits per heavy atom. The van der Waals surface area contributed by atoms with Gasteiger partial charge in [0.15, 0.2) is 0 Å². The highest BCUT2D eigenvalue weighted by atomic mass is 16.5. The van der Waals surface area contributed by atoms with E-state index in [-0.39, 0.29) is 11.7 Å². The maximum absolute atomic E-state index is 9.92. The lowest BCUT2D eigenvalue weighted by Gasteiger charge is -2.37. The van der Waals surface area contributed by atoms with Crippen molar-refractivity contribution in [2.24, 2.45) is 5.92 Å². The summed E-state index contributed by atoms with van der Waals surface area (Å²) in [7, 11) is 0. The number of aliphatic hydroxyl groups is 1. The molecule has 2 aliphatic rings. The summed E-state index contributed by atoms with van der Waals surface area (Å²) in [6, 6.07) is 0. The Morgan fingerprint density at radius 1 is 1.38 bits per heavy atom. The minimum Gasteiger partial charge on any atom is -0.386 e. The average molecular weight is 222 g/mol. The van der Waals surface area contributed by atoms with E-state index in [1.165, 1.54) is 0 Å². The lowest BCUT2D eigenvalue weighted by atomic mass is 9.77. The first-order chi connectivity index (χ1) is 7.47. The number of hydrogen-bond acceptors (Lipinski definition) is 2. The van der Waals surface area contributed by atoms with Crippen molar-refractivity contribution in [2.45, 2.75) is 57.3 Å². The summed E-state index contributed by atoms with van der Waals surface area (Å²) < 4.78 is 6.15. The van der Waals surface area contributed by atoms with Gasteiger partial charge in [0.1, 0.15) is 0 Å². The summed E-state index contributed by atoms with van der Waals surface area (Å²) >= 11 is 0. The largest absolute Gasteiger partial charge is 0.386 e. The van der Waals surface area contributed by atoms with Crippen molar-refractivity contribution in [3.05, 3.63) is 24.3 Å². The molecule has 0 aromatic heterocycles. The molecule has 0 saturated carbocycles. The first kappa shape index (κ1) is 11.9. The SMILES string of the molecule is C/C=C/[C@H]1C[C@@H](C)[C@]2(C=C[C@](C)(O)CC2)O1.